The second-order valence-corrected chi connectivity index (χ2v) is 3.58. The lowest BCUT2D eigenvalue weighted by Crippen LogP contribution is -1.93. The Morgan fingerprint density at radius 1 is 1.50 bits per heavy atom. The van der Waals surface area contributed by atoms with Gasteiger partial charge in [-0.25, -0.2) is 4.98 Å². The Balaban J connectivity index is 2.67. The van der Waals surface area contributed by atoms with Crippen molar-refractivity contribution in [1.29, 1.82) is 0 Å². The number of hydrogen-bond acceptors (Lipinski definition) is 4. The molecule has 3 N–H and O–H groups in total. The molecule has 1 heterocycles. The quantitative estimate of drug-likeness (QED) is 0.698. The van der Waals surface area contributed by atoms with Crippen molar-refractivity contribution in [2.75, 3.05) is 0 Å². The Labute approximate surface area is 73.5 Å². The molecule has 0 aliphatic rings. The van der Waals surface area contributed by atoms with Gasteiger partial charge in [0.15, 0.2) is 0 Å². The summed E-state index contributed by atoms with van der Waals surface area (Å²) in [5, 5.41) is 10.1. The van der Waals surface area contributed by atoms with Crippen LogP contribution in [0.15, 0.2) is 18.2 Å². The first-order chi connectivity index (χ1) is 5.79. The zero-order chi connectivity index (χ0) is 8.55. The molecule has 1 aromatic heterocycles. The molecule has 0 amide bonds. The highest BCUT2D eigenvalue weighted by molar-refractivity contribution is 7.18. The SMILES string of the molecule is NCc1nc2ccc(O)cc2s1. The minimum Gasteiger partial charge on any atom is -0.508 e. The van der Waals surface area contributed by atoms with Crippen LogP contribution in [-0.4, -0.2) is 10.1 Å². The summed E-state index contributed by atoms with van der Waals surface area (Å²) in [5.41, 5.74) is 6.34. The van der Waals surface area contributed by atoms with Crippen LogP contribution in [0.2, 0.25) is 0 Å². The van der Waals surface area contributed by atoms with Crippen molar-refractivity contribution < 1.29 is 5.11 Å². The first kappa shape index (κ1) is 7.52. The van der Waals surface area contributed by atoms with Gasteiger partial charge in [0, 0.05) is 6.54 Å². The number of hydrogen-bond donors (Lipinski definition) is 2. The molecule has 0 saturated carbocycles. The molecule has 2 rings (SSSR count). The molecule has 0 saturated heterocycles. The summed E-state index contributed by atoms with van der Waals surface area (Å²) < 4.78 is 0.982. The second kappa shape index (κ2) is 2.73. The molecule has 1 aromatic carbocycles. The van der Waals surface area contributed by atoms with E-state index in [1.807, 2.05) is 0 Å². The summed E-state index contributed by atoms with van der Waals surface area (Å²) in [7, 11) is 0. The summed E-state index contributed by atoms with van der Waals surface area (Å²) in [4.78, 5) is 4.25. The Hall–Kier alpha value is -1.13. The lowest BCUT2D eigenvalue weighted by Gasteiger charge is -1.87. The van der Waals surface area contributed by atoms with Crippen LogP contribution in [0, 0.1) is 0 Å². The van der Waals surface area contributed by atoms with E-state index in [0.29, 0.717) is 6.54 Å². The predicted octanol–water partition coefficient (Wildman–Crippen LogP) is 1.46. The average Bonchev–Trinajstić information content (AvgIpc) is 2.46. The maximum Gasteiger partial charge on any atom is 0.117 e. The van der Waals surface area contributed by atoms with Crippen LogP contribution in [0.3, 0.4) is 0 Å². The van der Waals surface area contributed by atoms with Gasteiger partial charge in [0.05, 0.1) is 10.2 Å². The number of nitrogens with two attached hydrogens (primary N) is 1. The molecule has 0 radical (unpaired) electrons. The molecule has 62 valence electrons. The average molecular weight is 180 g/mol. The molecular formula is C8H8N2OS. The third kappa shape index (κ3) is 1.15. The summed E-state index contributed by atoms with van der Waals surface area (Å²) in [6.45, 7) is 0.458. The van der Waals surface area contributed by atoms with E-state index < -0.39 is 0 Å². The molecule has 0 atom stereocenters. The number of phenolic OH excluding ortho intramolecular Hbond substituents is 1. The Morgan fingerprint density at radius 3 is 3.08 bits per heavy atom. The van der Waals surface area contributed by atoms with Crippen LogP contribution < -0.4 is 5.73 Å². The van der Waals surface area contributed by atoms with E-state index in [9.17, 15) is 0 Å². The summed E-state index contributed by atoms with van der Waals surface area (Å²) in [6, 6.07) is 5.12. The second-order valence-electron chi connectivity index (χ2n) is 2.46. The van der Waals surface area contributed by atoms with Gasteiger partial charge in [-0.2, -0.15) is 0 Å². The topological polar surface area (TPSA) is 59.1 Å². The van der Waals surface area contributed by atoms with Gasteiger partial charge in [0.1, 0.15) is 10.8 Å². The smallest absolute Gasteiger partial charge is 0.117 e. The lowest BCUT2D eigenvalue weighted by atomic mass is 10.3. The first-order valence-corrected chi connectivity index (χ1v) is 4.40. The van der Waals surface area contributed by atoms with Gasteiger partial charge < -0.3 is 10.8 Å². The van der Waals surface area contributed by atoms with Crippen LogP contribution in [0.5, 0.6) is 5.75 Å². The number of phenols is 1. The molecule has 4 heteroatoms. The van der Waals surface area contributed by atoms with E-state index >= 15 is 0 Å². The maximum atomic E-state index is 9.16. The normalized spacial score (nSPS) is 10.8. The third-order valence-corrected chi connectivity index (χ3v) is 2.63. The molecule has 0 unspecified atom stereocenters. The first-order valence-electron chi connectivity index (χ1n) is 3.58. The van der Waals surface area contributed by atoms with E-state index in [2.05, 4.69) is 4.98 Å². The molecular weight excluding hydrogens is 172 g/mol. The molecule has 12 heavy (non-hydrogen) atoms. The zero-order valence-electron chi connectivity index (χ0n) is 6.32. The van der Waals surface area contributed by atoms with Crippen molar-refractivity contribution in [3.05, 3.63) is 23.2 Å². The molecule has 2 aromatic rings. The van der Waals surface area contributed by atoms with E-state index in [-0.39, 0.29) is 5.75 Å². The van der Waals surface area contributed by atoms with Crippen molar-refractivity contribution in [2.24, 2.45) is 5.73 Å². The largest absolute Gasteiger partial charge is 0.508 e. The minimum absolute atomic E-state index is 0.273. The highest BCUT2D eigenvalue weighted by atomic mass is 32.1. The van der Waals surface area contributed by atoms with Crippen molar-refractivity contribution in [3.8, 4) is 5.75 Å². The van der Waals surface area contributed by atoms with Crippen LogP contribution >= 0.6 is 11.3 Å². The van der Waals surface area contributed by atoms with Crippen LogP contribution in [-0.2, 0) is 6.54 Å². The standard InChI is InChI=1S/C8H8N2OS/c9-4-8-10-6-2-1-5(11)3-7(6)12-8/h1-3,11H,4,9H2. The Morgan fingerprint density at radius 2 is 2.33 bits per heavy atom. The fourth-order valence-electron chi connectivity index (χ4n) is 1.05. The van der Waals surface area contributed by atoms with Gasteiger partial charge >= 0.3 is 0 Å². The highest BCUT2D eigenvalue weighted by Crippen LogP contribution is 2.25. The third-order valence-electron chi connectivity index (χ3n) is 1.59. The number of thiazole rings is 1. The number of rotatable bonds is 1. The van der Waals surface area contributed by atoms with E-state index in [4.69, 9.17) is 10.8 Å². The van der Waals surface area contributed by atoms with Gasteiger partial charge in [-0.1, -0.05) is 0 Å². The molecule has 0 fully saturated rings. The number of benzene rings is 1. The molecule has 0 aliphatic carbocycles. The fourth-order valence-corrected chi connectivity index (χ4v) is 1.93. The van der Waals surface area contributed by atoms with Crippen molar-refractivity contribution >= 4 is 21.6 Å². The van der Waals surface area contributed by atoms with Gasteiger partial charge in [-0.3, -0.25) is 0 Å². The number of nitrogens with zero attached hydrogens (tertiary/aromatic N) is 1. The van der Waals surface area contributed by atoms with E-state index in [1.165, 1.54) is 11.3 Å². The fraction of sp³-hybridized carbons (Fsp3) is 0.125. The Bertz CT molecular complexity index is 410. The molecule has 0 bridgehead atoms. The Kier molecular flexibility index (Phi) is 1.71. The number of fused-ring (bicyclic) bond motifs is 1. The number of aromatic hydroxyl groups is 1. The van der Waals surface area contributed by atoms with Crippen molar-refractivity contribution in [2.45, 2.75) is 6.54 Å². The van der Waals surface area contributed by atoms with Gasteiger partial charge in [0.2, 0.25) is 0 Å². The summed E-state index contributed by atoms with van der Waals surface area (Å²) in [5.74, 6) is 0.273. The van der Waals surface area contributed by atoms with E-state index in [1.54, 1.807) is 18.2 Å². The van der Waals surface area contributed by atoms with Gasteiger partial charge in [-0.15, -0.1) is 11.3 Å². The number of aromatic nitrogens is 1. The molecule has 0 spiro atoms. The molecule has 3 nitrogen and oxygen atoms in total. The lowest BCUT2D eigenvalue weighted by molar-refractivity contribution is 0.476. The monoisotopic (exact) mass is 180 g/mol. The van der Waals surface area contributed by atoms with E-state index in [0.717, 1.165) is 15.2 Å². The van der Waals surface area contributed by atoms with Crippen molar-refractivity contribution in [3.63, 3.8) is 0 Å². The zero-order valence-corrected chi connectivity index (χ0v) is 7.14. The van der Waals surface area contributed by atoms with Gasteiger partial charge in [-0.05, 0) is 18.2 Å². The summed E-state index contributed by atoms with van der Waals surface area (Å²) >= 11 is 1.52. The van der Waals surface area contributed by atoms with Crippen LogP contribution in [0.1, 0.15) is 5.01 Å². The van der Waals surface area contributed by atoms with Crippen LogP contribution in [0.4, 0.5) is 0 Å². The minimum atomic E-state index is 0.273. The van der Waals surface area contributed by atoms with Gasteiger partial charge in [0.25, 0.3) is 0 Å². The summed E-state index contributed by atoms with van der Waals surface area (Å²) in [6.07, 6.45) is 0. The predicted molar refractivity (Wildman–Crippen MR) is 49.2 cm³/mol. The highest BCUT2D eigenvalue weighted by Gasteiger charge is 2.01. The van der Waals surface area contributed by atoms with Crippen LogP contribution in [0.25, 0.3) is 10.2 Å². The van der Waals surface area contributed by atoms with Crippen molar-refractivity contribution in [1.82, 2.24) is 4.98 Å². The molecule has 0 aliphatic heterocycles. The maximum absolute atomic E-state index is 9.16.